The van der Waals surface area contributed by atoms with Crippen LogP contribution in [0.15, 0.2) is 0 Å². The van der Waals surface area contributed by atoms with Crippen molar-refractivity contribution >= 4 is 11.9 Å². The van der Waals surface area contributed by atoms with E-state index in [1.807, 2.05) is 0 Å². The summed E-state index contributed by atoms with van der Waals surface area (Å²) >= 11 is 1.73. The molecular weight excluding hydrogens is 178 g/mol. The Morgan fingerprint density at radius 3 is 2.38 bits per heavy atom. The molecule has 0 aromatic heterocycles. The number of hydrogen-bond donors (Lipinski definition) is 1. The Bertz CT molecular complexity index is 173. The van der Waals surface area contributed by atoms with Gasteiger partial charge in [-0.3, -0.25) is 4.72 Å². The quantitative estimate of drug-likeness (QED) is 0.684. The van der Waals surface area contributed by atoms with Crippen LogP contribution in [-0.4, -0.2) is 12.3 Å². The highest BCUT2D eigenvalue weighted by Gasteiger charge is 2.50. The minimum absolute atomic E-state index is 0.495. The maximum absolute atomic E-state index is 3.42. The average molecular weight is 201 g/mol. The van der Waals surface area contributed by atoms with Gasteiger partial charge in [-0.15, -0.1) is 0 Å². The first-order valence-electron chi connectivity index (χ1n) is 5.20. The molecular formula is C11H23NS. The fourth-order valence-electron chi connectivity index (χ4n) is 2.12. The summed E-state index contributed by atoms with van der Waals surface area (Å²) in [5, 5.41) is 0. The van der Waals surface area contributed by atoms with Crippen LogP contribution < -0.4 is 4.72 Å². The van der Waals surface area contributed by atoms with Crippen LogP contribution in [0.2, 0.25) is 0 Å². The normalized spacial score (nSPS) is 22.8. The van der Waals surface area contributed by atoms with Crippen molar-refractivity contribution in [2.24, 2.45) is 10.8 Å². The predicted octanol–water partition coefficient (Wildman–Crippen LogP) is 3.46. The van der Waals surface area contributed by atoms with E-state index in [-0.39, 0.29) is 0 Å². The number of rotatable bonds is 5. The number of hydrogen-bond acceptors (Lipinski definition) is 2. The van der Waals surface area contributed by atoms with Crippen LogP contribution in [0, 0.1) is 10.8 Å². The molecule has 0 radical (unpaired) electrons. The molecule has 1 nitrogen and oxygen atoms in total. The van der Waals surface area contributed by atoms with Crippen LogP contribution in [0.1, 0.15) is 47.0 Å². The molecule has 1 unspecified atom stereocenters. The molecule has 0 heterocycles. The predicted molar refractivity (Wildman–Crippen MR) is 61.9 cm³/mol. The second-order valence-electron chi connectivity index (χ2n) is 5.37. The summed E-state index contributed by atoms with van der Waals surface area (Å²) in [6.45, 7) is 9.54. The Hall–Kier alpha value is 0.310. The summed E-state index contributed by atoms with van der Waals surface area (Å²) in [5.41, 5.74) is 1.12. The zero-order valence-corrected chi connectivity index (χ0v) is 10.4. The average Bonchev–Trinajstić information content (AvgIpc) is 2.68. The van der Waals surface area contributed by atoms with E-state index >= 15 is 0 Å². The lowest BCUT2D eigenvalue weighted by atomic mass is 9.73. The van der Waals surface area contributed by atoms with Crippen molar-refractivity contribution in [1.82, 2.24) is 4.72 Å². The fraction of sp³-hybridized carbons (Fsp3) is 1.00. The van der Waals surface area contributed by atoms with Gasteiger partial charge in [0.05, 0.1) is 0 Å². The standard InChI is InChI=1S/C11H23NS/c1-9(12-13-5)8-10(2,3)11(4)6-7-11/h9,12H,6-8H2,1-5H3. The minimum Gasteiger partial charge on any atom is -0.262 e. The van der Waals surface area contributed by atoms with Crippen molar-refractivity contribution in [3.05, 3.63) is 0 Å². The molecule has 2 heteroatoms. The molecule has 0 aromatic carbocycles. The molecule has 0 spiro atoms. The van der Waals surface area contributed by atoms with Crippen LogP contribution in [0.4, 0.5) is 0 Å². The van der Waals surface area contributed by atoms with Crippen molar-refractivity contribution < 1.29 is 0 Å². The smallest absolute Gasteiger partial charge is 0.0148 e. The van der Waals surface area contributed by atoms with Gasteiger partial charge in [-0.2, -0.15) is 0 Å². The summed E-state index contributed by atoms with van der Waals surface area (Å²) in [4.78, 5) is 0. The maximum atomic E-state index is 3.42. The Kier molecular flexibility index (Phi) is 3.34. The lowest BCUT2D eigenvalue weighted by molar-refractivity contribution is 0.175. The molecule has 1 atom stereocenters. The second kappa shape index (κ2) is 3.82. The molecule has 0 aliphatic heterocycles. The van der Waals surface area contributed by atoms with Crippen LogP contribution in [0.3, 0.4) is 0 Å². The van der Waals surface area contributed by atoms with Gasteiger partial charge in [0.2, 0.25) is 0 Å². The molecule has 1 saturated carbocycles. The highest BCUT2D eigenvalue weighted by Crippen LogP contribution is 2.59. The van der Waals surface area contributed by atoms with Crippen molar-refractivity contribution in [3.8, 4) is 0 Å². The van der Waals surface area contributed by atoms with Crippen molar-refractivity contribution in [2.75, 3.05) is 6.26 Å². The topological polar surface area (TPSA) is 12.0 Å². The van der Waals surface area contributed by atoms with E-state index in [1.165, 1.54) is 19.3 Å². The van der Waals surface area contributed by atoms with E-state index in [0.717, 1.165) is 0 Å². The molecule has 13 heavy (non-hydrogen) atoms. The summed E-state index contributed by atoms with van der Waals surface area (Å²) in [6.07, 6.45) is 6.23. The molecule has 1 N–H and O–H groups in total. The molecule has 1 rings (SSSR count). The molecule has 0 amide bonds. The van der Waals surface area contributed by atoms with Crippen LogP contribution in [0.5, 0.6) is 0 Å². The summed E-state index contributed by atoms with van der Waals surface area (Å²) in [5.74, 6) is 0. The van der Waals surface area contributed by atoms with Crippen molar-refractivity contribution in [3.63, 3.8) is 0 Å². The van der Waals surface area contributed by atoms with E-state index in [0.29, 0.717) is 16.9 Å². The van der Waals surface area contributed by atoms with Gasteiger partial charge in [0.15, 0.2) is 0 Å². The van der Waals surface area contributed by atoms with Gasteiger partial charge >= 0.3 is 0 Å². The third kappa shape index (κ3) is 2.63. The van der Waals surface area contributed by atoms with Crippen LogP contribution >= 0.6 is 11.9 Å². The summed E-state index contributed by atoms with van der Waals surface area (Å²) in [7, 11) is 0. The molecule has 0 aromatic rings. The largest absolute Gasteiger partial charge is 0.262 e. The molecule has 1 aliphatic rings. The SMILES string of the molecule is CSNC(C)CC(C)(C)C1(C)CC1. The molecule has 0 bridgehead atoms. The first-order valence-corrected chi connectivity index (χ1v) is 6.42. The zero-order chi connectivity index (χ0) is 10.1. The van der Waals surface area contributed by atoms with Gasteiger partial charge < -0.3 is 0 Å². The summed E-state index contributed by atoms with van der Waals surface area (Å²) < 4.78 is 3.42. The van der Waals surface area contributed by atoms with Crippen LogP contribution in [0.25, 0.3) is 0 Å². The Morgan fingerprint density at radius 2 is 2.00 bits per heavy atom. The van der Waals surface area contributed by atoms with Gasteiger partial charge in [0.1, 0.15) is 0 Å². The maximum Gasteiger partial charge on any atom is 0.0148 e. The lowest BCUT2D eigenvalue weighted by Gasteiger charge is -2.34. The van der Waals surface area contributed by atoms with Gasteiger partial charge in [-0.25, -0.2) is 0 Å². The van der Waals surface area contributed by atoms with Gasteiger partial charge in [0, 0.05) is 6.04 Å². The van der Waals surface area contributed by atoms with E-state index in [1.54, 1.807) is 11.9 Å². The lowest BCUT2D eigenvalue weighted by Crippen LogP contribution is -2.32. The molecule has 1 aliphatic carbocycles. The molecule has 1 fully saturated rings. The van der Waals surface area contributed by atoms with E-state index in [4.69, 9.17) is 0 Å². The van der Waals surface area contributed by atoms with Gasteiger partial charge in [0.25, 0.3) is 0 Å². The minimum atomic E-state index is 0.495. The first-order chi connectivity index (χ1) is 5.91. The second-order valence-corrected chi connectivity index (χ2v) is 6.02. The molecule has 0 saturated heterocycles. The van der Waals surface area contributed by atoms with E-state index in [9.17, 15) is 0 Å². The monoisotopic (exact) mass is 201 g/mol. The van der Waals surface area contributed by atoms with Crippen molar-refractivity contribution in [2.45, 2.75) is 53.0 Å². The molecule has 78 valence electrons. The third-order valence-corrected chi connectivity index (χ3v) is 4.41. The van der Waals surface area contributed by atoms with E-state index < -0.39 is 0 Å². The summed E-state index contributed by atoms with van der Waals surface area (Å²) in [6, 6.07) is 0.627. The Morgan fingerprint density at radius 1 is 1.46 bits per heavy atom. The van der Waals surface area contributed by atoms with Gasteiger partial charge in [-0.05, 0) is 43.3 Å². The van der Waals surface area contributed by atoms with Gasteiger partial charge in [-0.1, -0.05) is 32.7 Å². The number of nitrogens with one attached hydrogen (secondary N) is 1. The van der Waals surface area contributed by atoms with Crippen molar-refractivity contribution in [1.29, 1.82) is 0 Å². The Labute approximate surface area is 87.2 Å². The zero-order valence-electron chi connectivity index (χ0n) is 9.61. The Balaban J connectivity index is 2.42. The van der Waals surface area contributed by atoms with E-state index in [2.05, 4.69) is 38.7 Å². The highest BCUT2D eigenvalue weighted by atomic mass is 32.2. The highest BCUT2D eigenvalue weighted by molar-refractivity contribution is 7.96. The first kappa shape index (κ1) is 11.4. The van der Waals surface area contributed by atoms with Crippen LogP contribution in [-0.2, 0) is 0 Å². The third-order valence-electron chi connectivity index (χ3n) is 3.77. The fourth-order valence-corrected chi connectivity index (χ4v) is 2.60.